The molecular formula is C15H20ClNO. The molecule has 1 amide bonds. The fraction of sp³-hybridized carbons (Fsp3) is 0.533. The molecule has 1 atom stereocenters. The zero-order valence-electron chi connectivity index (χ0n) is 11.7. The molecule has 0 saturated heterocycles. The number of benzene rings is 1. The van der Waals surface area contributed by atoms with Gasteiger partial charge in [0.15, 0.2) is 0 Å². The van der Waals surface area contributed by atoms with Crippen molar-refractivity contribution in [3.8, 4) is 0 Å². The maximum atomic E-state index is 12.6. The molecule has 1 aromatic rings. The molecule has 0 N–H and O–H groups in total. The zero-order chi connectivity index (χ0) is 13.7. The average Bonchev–Trinajstić information content (AvgIpc) is 2.39. The molecule has 3 heteroatoms. The molecule has 1 aliphatic heterocycles. The van der Waals surface area contributed by atoms with Crippen LogP contribution in [0.2, 0.25) is 5.02 Å². The van der Waals surface area contributed by atoms with Crippen molar-refractivity contribution < 1.29 is 4.79 Å². The first kappa shape index (κ1) is 13.4. The summed E-state index contributed by atoms with van der Waals surface area (Å²) in [5.74, 6) is 0.162. The highest BCUT2D eigenvalue weighted by atomic mass is 35.5. The van der Waals surface area contributed by atoms with Gasteiger partial charge in [0.2, 0.25) is 5.91 Å². The Morgan fingerprint density at radius 3 is 2.50 bits per heavy atom. The largest absolute Gasteiger partial charge is 0.314 e. The van der Waals surface area contributed by atoms with Gasteiger partial charge in [-0.2, -0.15) is 0 Å². The highest BCUT2D eigenvalue weighted by Gasteiger charge is 2.47. The van der Waals surface area contributed by atoms with Crippen LogP contribution in [0.1, 0.15) is 39.7 Å². The van der Waals surface area contributed by atoms with Gasteiger partial charge in [0.05, 0.1) is 5.41 Å². The van der Waals surface area contributed by atoms with E-state index in [9.17, 15) is 4.79 Å². The zero-order valence-corrected chi connectivity index (χ0v) is 12.4. The lowest BCUT2D eigenvalue weighted by Crippen LogP contribution is -2.38. The number of anilines is 1. The topological polar surface area (TPSA) is 20.3 Å². The van der Waals surface area contributed by atoms with E-state index in [0.717, 1.165) is 17.7 Å². The van der Waals surface area contributed by atoms with Gasteiger partial charge in [0.25, 0.3) is 0 Å². The first-order valence-electron chi connectivity index (χ1n) is 6.23. The second-order valence-corrected chi connectivity index (χ2v) is 7.03. The third-order valence-electron chi connectivity index (χ3n) is 3.57. The van der Waals surface area contributed by atoms with Crippen LogP contribution in [0.5, 0.6) is 0 Å². The molecule has 0 aliphatic carbocycles. The van der Waals surface area contributed by atoms with Gasteiger partial charge >= 0.3 is 0 Å². The van der Waals surface area contributed by atoms with Gasteiger partial charge < -0.3 is 4.90 Å². The fourth-order valence-electron chi connectivity index (χ4n) is 3.07. The molecule has 0 fully saturated rings. The van der Waals surface area contributed by atoms with Crippen molar-refractivity contribution in [1.29, 1.82) is 0 Å². The van der Waals surface area contributed by atoms with Crippen LogP contribution in [0, 0.1) is 5.41 Å². The lowest BCUT2D eigenvalue weighted by atomic mass is 9.71. The number of rotatable bonds is 1. The van der Waals surface area contributed by atoms with E-state index in [2.05, 4.69) is 20.8 Å². The Kier molecular flexibility index (Phi) is 2.97. The van der Waals surface area contributed by atoms with Crippen LogP contribution in [-0.2, 0) is 10.2 Å². The number of hydrogen-bond donors (Lipinski definition) is 0. The van der Waals surface area contributed by atoms with E-state index >= 15 is 0 Å². The summed E-state index contributed by atoms with van der Waals surface area (Å²) in [4.78, 5) is 14.3. The van der Waals surface area contributed by atoms with Crippen LogP contribution in [0.25, 0.3) is 0 Å². The number of halogens is 1. The Morgan fingerprint density at radius 1 is 1.33 bits per heavy atom. The van der Waals surface area contributed by atoms with Gasteiger partial charge in [0.1, 0.15) is 0 Å². The first-order chi connectivity index (χ1) is 8.15. The quantitative estimate of drug-likeness (QED) is 0.751. The van der Waals surface area contributed by atoms with Crippen molar-refractivity contribution in [3.05, 3.63) is 28.8 Å². The van der Waals surface area contributed by atoms with Crippen LogP contribution >= 0.6 is 11.6 Å². The Bertz CT molecular complexity index is 504. The number of carbonyl (C=O) groups is 1. The van der Waals surface area contributed by atoms with E-state index in [0.29, 0.717) is 5.02 Å². The SMILES string of the molecule is CN1C(=O)[C@@](C)(CC(C)(C)C)c2cc(Cl)ccc21. The van der Waals surface area contributed by atoms with Gasteiger partial charge in [0, 0.05) is 17.8 Å². The van der Waals surface area contributed by atoms with E-state index in [1.807, 2.05) is 32.2 Å². The van der Waals surface area contributed by atoms with Crippen LogP contribution in [-0.4, -0.2) is 13.0 Å². The summed E-state index contributed by atoms with van der Waals surface area (Å²) in [6.45, 7) is 8.51. The molecule has 1 aliphatic rings. The molecule has 1 heterocycles. The fourth-order valence-corrected chi connectivity index (χ4v) is 3.24. The van der Waals surface area contributed by atoms with E-state index < -0.39 is 5.41 Å². The van der Waals surface area contributed by atoms with Gasteiger partial charge in [-0.25, -0.2) is 0 Å². The van der Waals surface area contributed by atoms with Gasteiger partial charge in [-0.3, -0.25) is 4.79 Å². The van der Waals surface area contributed by atoms with Gasteiger partial charge in [-0.05, 0) is 42.5 Å². The summed E-state index contributed by atoms with van der Waals surface area (Å²) < 4.78 is 0. The summed E-state index contributed by atoms with van der Waals surface area (Å²) in [5, 5.41) is 0.692. The highest BCUT2D eigenvalue weighted by molar-refractivity contribution is 6.31. The molecule has 0 bridgehead atoms. The Morgan fingerprint density at radius 2 is 1.94 bits per heavy atom. The Balaban J connectivity index is 2.57. The van der Waals surface area contributed by atoms with E-state index in [4.69, 9.17) is 11.6 Å². The summed E-state index contributed by atoms with van der Waals surface area (Å²) in [5.41, 5.74) is 1.66. The highest BCUT2D eigenvalue weighted by Crippen LogP contribution is 2.47. The molecule has 2 rings (SSSR count). The van der Waals surface area contributed by atoms with E-state index in [-0.39, 0.29) is 11.3 Å². The maximum absolute atomic E-state index is 12.6. The molecular weight excluding hydrogens is 246 g/mol. The molecule has 0 saturated carbocycles. The number of hydrogen-bond acceptors (Lipinski definition) is 1. The van der Waals surface area contributed by atoms with Crippen molar-refractivity contribution >= 4 is 23.2 Å². The van der Waals surface area contributed by atoms with Crippen molar-refractivity contribution in [2.75, 3.05) is 11.9 Å². The van der Waals surface area contributed by atoms with Crippen LogP contribution in [0.3, 0.4) is 0 Å². The minimum Gasteiger partial charge on any atom is -0.314 e. The molecule has 0 unspecified atom stereocenters. The van der Waals surface area contributed by atoms with E-state index in [1.54, 1.807) is 4.90 Å². The minimum absolute atomic E-state index is 0.0924. The van der Waals surface area contributed by atoms with Crippen molar-refractivity contribution in [2.45, 2.75) is 39.5 Å². The first-order valence-corrected chi connectivity index (χ1v) is 6.61. The minimum atomic E-state index is -0.465. The number of likely N-dealkylation sites (N-methyl/N-ethyl adjacent to an activating group) is 1. The summed E-state index contributed by atoms with van der Waals surface area (Å²) in [6, 6.07) is 5.71. The second kappa shape index (κ2) is 3.99. The van der Waals surface area contributed by atoms with Gasteiger partial charge in [-0.1, -0.05) is 32.4 Å². The van der Waals surface area contributed by atoms with Crippen LogP contribution in [0.15, 0.2) is 18.2 Å². The third-order valence-corrected chi connectivity index (χ3v) is 3.81. The van der Waals surface area contributed by atoms with Gasteiger partial charge in [-0.15, -0.1) is 0 Å². The average molecular weight is 266 g/mol. The molecule has 0 spiro atoms. The predicted octanol–water partition coefficient (Wildman–Crippen LogP) is 4.01. The van der Waals surface area contributed by atoms with Crippen molar-refractivity contribution in [3.63, 3.8) is 0 Å². The molecule has 0 radical (unpaired) electrons. The summed E-state index contributed by atoms with van der Waals surface area (Å²) in [7, 11) is 1.84. The Hall–Kier alpha value is -1.02. The third kappa shape index (κ3) is 2.03. The number of amides is 1. The molecule has 0 aromatic heterocycles. The normalized spacial score (nSPS) is 23.4. The molecule has 18 heavy (non-hydrogen) atoms. The van der Waals surface area contributed by atoms with Crippen molar-refractivity contribution in [2.24, 2.45) is 5.41 Å². The Labute approximate surface area is 114 Å². The van der Waals surface area contributed by atoms with Crippen LogP contribution in [0.4, 0.5) is 5.69 Å². The summed E-state index contributed by atoms with van der Waals surface area (Å²) >= 11 is 6.09. The van der Waals surface area contributed by atoms with E-state index in [1.165, 1.54) is 0 Å². The monoisotopic (exact) mass is 265 g/mol. The maximum Gasteiger partial charge on any atom is 0.237 e. The number of carbonyl (C=O) groups excluding carboxylic acids is 1. The molecule has 98 valence electrons. The number of fused-ring (bicyclic) bond motifs is 1. The second-order valence-electron chi connectivity index (χ2n) is 6.60. The van der Waals surface area contributed by atoms with Crippen LogP contribution < -0.4 is 4.90 Å². The standard InChI is InChI=1S/C15H20ClNO/c1-14(2,3)9-15(4)11-8-10(16)6-7-12(11)17(5)13(15)18/h6-8H,9H2,1-5H3/t15-/m0/s1. The lowest BCUT2D eigenvalue weighted by Gasteiger charge is -2.31. The smallest absolute Gasteiger partial charge is 0.237 e. The molecule has 2 nitrogen and oxygen atoms in total. The summed E-state index contributed by atoms with van der Waals surface area (Å²) in [6.07, 6.45) is 0.816. The predicted molar refractivity (Wildman–Crippen MR) is 76.3 cm³/mol. The number of nitrogens with zero attached hydrogens (tertiary/aromatic N) is 1. The molecule has 1 aromatic carbocycles. The van der Waals surface area contributed by atoms with Crippen molar-refractivity contribution in [1.82, 2.24) is 0 Å². The lowest BCUT2D eigenvalue weighted by molar-refractivity contribution is -0.123.